The lowest BCUT2D eigenvalue weighted by Crippen LogP contribution is -2.74. The normalized spacial score (nSPS) is 12.1. The molecule has 64 heavy (non-hydrogen) atoms. The van der Waals surface area contributed by atoms with E-state index >= 15 is 0 Å². The van der Waals surface area contributed by atoms with Crippen molar-refractivity contribution < 1.29 is 0 Å². The predicted molar refractivity (Wildman–Crippen MR) is 277 cm³/mol. The highest BCUT2D eigenvalue weighted by atomic mass is 28.3. The quantitative estimate of drug-likeness (QED) is 0.101. The summed E-state index contributed by atoms with van der Waals surface area (Å²) >= 11 is 0. The van der Waals surface area contributed by atoms with Crippen molar-refractivity contribution in [3.05, 3.63) is 267 Å². The summed E-state index contributed by atoms with van der Waals surface area (Å²) in [5, 5.41) is 14.5. The molecule has 12 rings (SSSR count). The van der Waals surface area contributed by atoms with Crippen LogP contribution in [0.3, 0.4) is 0 Å². The minimum atomic E-state index is -3.08. The predicted octanol–water partition coefficient (Wildman–Crippen LogP) is 9.78. The van der Waals surface area contributed by atoms with Crippen molar-refractivity contribution in [3.8, 4) is 5.69 Å². The summed E-state index contributed by atoms with van der Waals surface area (Å²) in [6.45, 7) is 0. The van der Waals surface area contributed by atoms with Crippen molar-refractivity contribution >= 4 is 96.2 Å². The van der Waals surface area contributed by atoms with Crippen molar-refractivity contribution in [2.45, 2.75) is 0 Å². The van der Waals surface area contributed by atoms with Crippen LogP contribution < -0.4 is 36.3 Å². The van der Waals surface area contributed by atoms with Gasteiger partial charge in [-0.1, -0.05) is 231 Å². The Balaban J connectivity index is 1.26. The van der Waals surface area contributed by atoms with Gasteiger partial charge < -0.3 is 8.80 Å². The Labute approximate surface area is 375 Å². The molecular weight excluding hydrogens is 805 g/mol. The van der Waals surface area contributed by atoms with Crippen molar-refractivity contribution in [2.75, 3.05) is 0 Å². The van der Waals surface area contributed by atoms with Gasteiger partial charge in [0.25, 0.3) is 8.24 Å². The molecule has 0 unspecified atom stereocenters. The molecule has 0 radical (unpaired) electrons. The van der Waals surface area contributed by atoms with Gasteiger partial charge in [0.1, 0.15) is 0 Å². The van der Waals surface area contributed by atoms with Crippen LogP contribution >= 0.6 is 0 Å². The Morgan fingerprint density at radius 3 is 1.00 bits per heavy atom. The zero-order valence-corrected chi connectivity index (χ0v) is 37.3. The number of nitrogens with zero attached hydrogens (tertiary/aromatic N) is 2. The highest BCUT2D eigenvalue weighted by molar-refractivity contribution is 7.20. The smallest absolute Gasteiger partial charge is 0.257 e. The van der Waals surface area contributed by atoms with Gasteiger partial charge >= 0.3 is 0 Å². The fourth-order valence-corrected chi connectivity index (χ4v) is 20.6. The second kappa shape index (κ2) is 15.5. The van der Waals surface area contributed by atoms with Crippen LogP contribution in [-0.4, -0.2) is 25.1 Å². The number of rotatable bonds is 9. The molecular formula is C60H44N2Si2. The van der Waals surface area contributed by atoms with Crippen LogP contribution in [0.5, 0.6) is 0 Å². The Hall–Kier alpha value is -7.77. The van der Waals surface area contributed by atoms with Crippen molar-refractivity contribution in [1.29, 1.82) is 0 Å². The van der Waals surface area contributed by atoms with Gasteiger partial charge in [0.05, 0.1) is 11.0 Å². The first-order chi connectivity index (χ1) is 31.8. The van der Waals surface area contributed by atoms with Gasteiger partial charge in [-0.05, 0) is 72.7 Å². The molecule has 2 heterocycles. The van der Waals surface area contributed by atoms with Gasteiger partial charge in [0.2, 0.25) is 0 Å². The standard InChI is InChI=1S/C60H44N2Si2/c1-7-23-46(24-8-1)63(47-25-9-2-10-26-47,48-27-11-3-12-28-48)52-40-42-60-56(44-52)55-43-45(61-57-37-21-19-35-53(57)54-36-20-22-38-58(54)61)39-41-59(55)62(60)64(49-29-13-4-14-30-49,50-31-15-5-16-32-50)51-33-17-6-18-34-51/h1-44H. The maximum Gasteiger partial charge on any atom is 0.257 e. The number of para-hydroxylation sites is 2. The molecule has 0 aliphatic heterocycles. The number of hydrogen-bond acceptors (Lipinski definition) is 0. The summed E-state index contributed by atoms with van der Waals surface area (Å²) in [7, 11) is -5.96. The molecule has 0 aliphatic carbocycles. The lowest BCUT2D eigenvalue weighted by atomic mass is 10.1. The lowest BCUT2D eigenvalue weighted by molar-refractivity contribution is 1.18. The first-order valence-corrected chi connectivity index (χ1v) is 26.1. The van der Waals surface area contributed by atoms with Gasteiger partial charge in [0, 0.05) is 38.3 Å². The molecule has 0 atom stereocenters. The summed E-state index contributed by atoms with van der Waals surface area (Å²) in [5.74, 6) is 0. The molecule has 12 aromatic rings. The van der Waals surface area contributed by atoms with Gasteiger partial charge in [0.15, 0.2) is 8.07 Å². The molecule has 0 saturated carbocycles. The number of hydrogen-bond donors (Lipinski definition) is 0. The maximum atomic E-state index is 2.79. The topological polar surface area (TPSA) is 9.86 Å². The van der Waals surface area contributed by atoms with Gasteiger partial charge in [-0.15, -0.1) is 0 Å². The number of benzene rings is 10. The molecule has 4 heteroatoms. The van der Waals surface area contributed by atoms with Crippen molar-refractivity contribution in [1.82, 2.24) is 8.80 Å². The van der Waals surface area contributed by atoms with Crippen LogP contribution in [0.25, 0.3) is 49.3 Å². The summed E-state index contributed by atoms with van der Waals surface area (Å²) in [5.41, 5.74) is 6.03. The summed E-state index contributed by atoms with van der Waals surface area (Å²) < 4.78 is 5.25. The number of fused-ring (bicyclic) bond motifs is 6. The van der Waals surface area contributed by atoms with E-state index in [0.717, 1.165) is 5.69 Å². The van der Waals surface area contributed by atoms with E-state index in [1.165, 1.54) is 79.9 Å². The van der Waals surface area contributed by atoms with Crippen LogP contribution in [0.1, 0.15) is 0 Å². The average Bonchev–Trinajstić information content (AvgIpc) is 3.89. The summed E-state index contributed by atoms with van der Waals surface area (Å²) in [6, 6.07) is 100. The van der Waals surface area contributed by atoms with Crippen LogP contribution in [0.15, 0.2) is 267 Å². The minimum Gasteiger partial charge on any atom is -0.355 e. The van der Waals surface area contributed by atoms with Gasteiger partial charge in [-0.25, -0.2) is 0 Å². The molecule has 2 nitrogen and oxygen atoms in total. The van der Waals surface area contributed by atoms with Crippen LogP contribution in [0, 0.1) is 0 Å². The molecule has 0 N–H and O–H groups in total. The van der Waals surface area contributed by atoms with Gasteiger partial charge in [-0.2, -0.15) is 0 Å². The van der Waals surface area contributed by atoms with Crippen LogP contribution in [0.4, 0.5) is 0 Å². The van der Waals surface area contributed by atoms with Crippen molar-refractivity contribution in [3.63, 3.8) is 0 Å². The Kier molecular flexibility index (Phi) is 9.22. The van der Waals surface area contributed by atoms with Crippen LogP contribution in [-0.2, 0) is 0 Å². The maximum absolute atomic E-state index is 3.08. The lowest BCUT2D eigenvalue weighted by Gasteiger charge is -2.37. The van der Waals surface area contributed by atoms with E-state index in [1.54, 1.807) is 0 Å². The molecule has 0 spiro atoms. The minimum absolute atomic E-state index is 1.15. The third kappa shape index (κ3) is 5.70. The molecule has 0 amide bonds. The molecule has 0 fully saturated rings. The summed E-state index contributed by atoms with van der Waals surface area (Å²) in [4.78, 5) is 0. The van der Waals surface area contributed by atoms with E-state index in [9.17, 15) is 0 Å². The molecule has 10 aromatic carbocycles. The first kappa shape index (κ1) is 38.0. The molecule has 0 saturated heterocycles. The third-order valence-electron chi connectivity index (χ3n) is 13.6. The second-order valence-corrected chi connectivity index (χ2v) is 24.2. The molecule has 0 aliphatic rings. The molecule has 302 valence electrons. The highest BCUT2D eigenvalue weighted by Gasteiger charge is 2.45. The Bertz CT molecular complexity index is 3340. The Morgan fingerprint density at radius 2 is 0.578 bits per heavy atom. The van der Waals surface area contributed by atoms with E-state index in [0.29, 0.717) is 0 Å². The highest BCUT2D eigenvalue weighted by Crippen LogP contribution is 2.37. The SMILES string of the molecule is c1ccc([Si](c2ccccc2)(c2ccccc2)c2ccc3c(c2)c2cc(-n4c5ccccc5c5ccccc54)ccc2n3[Si](c2ccccc2)(c2ccccc2)c2ccccc2)cc1. The molecule has 0 bridgehead atoms. The molecule has 2 aromatic heterocycles. The van der Waals surface area contributed by atoms with Crippen LogP contribution in [0.2, 0.25) is 0 Å². The second-order valence-electron chi connectivity index (χ2n) is 16.8. The van der Waals surface area contributed by atoms with E-state index in [4.69, 9.17) is 0 Å². The summed E-state index contributed by atoms with van der Waals surface area (Å²) in [6.07, 6.45) is 0. The fraction of sp³-hybridized carbons (Fsp3) is 0. The number of aromatic nitrogens is 2. The fourth-order valence-electron chi connectivity index (χ4n) is 10.9. The largest absolute Gasteiger partial charge is 0.355 e. The van der Waals surface area contributed by atoms with Gasteiger partial charge in [-0.3, -0.25) is 0 Å². The van der Waals surface area contributed by atoms with E-state index in [-0.39, 0.29) is 0 Å². The monoisotopic (exact) mass is 848 g/mol. The third-order valence-corrected chi connectivity index (χ3v) is 23.0. The van der Waals surface area contributed by atoms with E-state index in [1.807, 2.05) is 0 Å². The first-order valence-electron chi connectivity index (χ1n) is 22.2. The average molecular weight is 849 g/mol. The zero-order chi connectivity index (χ0) is 42.5. The Morgan fingerprint density at radius 1 is 0.234 bits per heavy atom. The van der Waals surface area contributed by atoms with E-state index in [2.05, 4.69) is 276 Å². The zero-order valence-electron chi connectivity index (χ0n) is 35.3. The van der Waals surface area contributed by atoms with E-state index < -0.39 is 16.3 Å². The van der Waals surface area contributed by atoms with Crippen molar-refractivity contribution in [2.24, 2.45) is 0 Å².